The number of rotatable bonds is 5. The van der Waals surface area contributed by atoms with E-state index in [1.165, 1.54) is 13.8 Å². The molecule has 1 N–H and O–H groups in total. The molecule has 1 aromatic rings. The molecule has 0 heterocycles. The van der Waals surface area contributed by atoms with Crippen molar-refractivity contribution in [2.75, 3.05) is 7.11 Å². The number of hydrogen-bond donors (Lipinski definition) is 1. The van der Waals surface area contributed by atoms with Crippen LogP contribution in [0.2, 0.25) is 0 Å². The second-order valence-corrected chi connectivity index (χ2v) is 5.99. The largest absolute Gasteiger partial charge is 0.491 e. The van der Waals surface area contributed by atoms with Crippen LogP contribution in [0.3, 0.4) is 0 Å². The van der Waals surface area contributed by atoms with Crippen molar-refractivity contribution in [3.05, 3.63) is 28.8 Å². The van der Waals surface area contributed by atoms with Gasteiger partial charge in [-0.25, -0.2) is 8.78 Å². The van der Waals surface area contributed by atoms with Crippen molar-refractivity contribution in [3.8, 4) is 5.75 Å². The Kier molecular flexibility index (Phi) is 4.47. The first-order valence-electron chi connectivity index (χ1n) is 6.83. The number of hydrogen-bond acceptors (Lipinski definition) is 4. The molecule has 5 nitrogen and oxygen atoms in total. The lowest BCUT2D eigenvalue weighted by Crippen LogP contribution is -2.14. The third kappa shape index (κ3) is 2.67. The molecule has 2 atom stereocenters. The van der Waals surface area contributed by atoms with Crippen LogP contribution in [0.1, 0.15) is 19.4 Å². The molecule has 0 radical (unpaired) electrons. The van der Waals surface area contributed by atoms with Gasteiger partial charge in [0, 0.05) is 0 Å². The van der Waals surface area contributed by atoms with Gasteiger partial charge in [-0.2, -0.15) is 8.78 Å². The lowest BCUT2D eigenvalue weighted by atomic mass is 10.1. The van der Waals surface area contributed by atoms with E-state index < -0.39 is 70.4 Å². The summed E-state index contributed by atoms with van der Waals surface area (Å²) >= 11 is 0. The summed E-state index contributed by atoms with van der Waals surface area (Å²) in [7, 11) is 0.835. The summed E-state index contributed by atoms with van der Waals surface area (Å²) in [6.45, 7) is 1.96. The van der Waals surface area contributed by atoms with Gasteiger partial charge in [-0.3, -0.25) is 9.59 Å². The van der Waals surface area contributed by atoms with E-state index in [4.69, 9.17) is 5.11 Å². The molecule has 24 heavy (non-hydrogen) atoms. The van der Waals surface area contributed by atoms with Crippen LogP contribution in [0.25, 0.3) is 0 Å². The average Bonchev–Trinajstić information content (AvgIpc) is 3.08. The molecule has 1 aliphatic carbocycles. The van der Waals surface area contributed by atoms with Crippen LogP contribution in [0.5, 0.6) is 5.75 Å². The lowest BCUT2D eigenvalue weighted by Gasteiger charge is -2.11. The third-order valence-corrected chi connectivity index (χ3v) is 4.22. The van der Waals surface area contributed by atoms with E-state index in [1.807, 2.05) is 0 Å². The monoisotopic (exact) mass is 350 g/mol. The molecular formula is C15H14F4O5. The molecule has 0 amide bonds. The van der Waals surface area contributed by atoms with Gasteiger partial charge in [-0.05, 0) is 5.41 Å². The van der Waals surface area contributed by atoms with Gasteiger partial charge in [0.15, 0.2) is 17.4 Å². The SMILES string of the molecule is COc1c(F)c(F)c(COC(=O)C2C(C(=O)O)C2(C)C)c(F)c1F. The fourth-order valence-corrected chi connectivity index (χ4v) is 2.73. The number of halogens is 4. The summed E-state index contributed by atoms with van der Waals surface area (Å²) in [5.74, 6) is -12.4. The van der Waals surface area contributed by atoms with Gasteiger partial charge in [-0.15, -0.1) is 0 Å². The first kappa shape index (κ1) is 18.0. The molecule has 9 heteroatoms. The average molecular weight is 350 g/mol. The Balaban J connectivity index is 2.19. The number of ether oxygens (including phenoxy) is 2. The van der Waals surface area contributed by atoms with Crippen molar-refractivity contribution in [1.29, 1.82) is 0 Å². The van der Waals surface area contributed by atoms with E-state index in [-0.39, 0.29) is 0 Å². The molecule has 2 rings (SSSR count). The molecule has 1 aromatic carbocycles. The predicted octanol–water partition coefficient (Wildman–Crippen LogP) is 2.65. The van der Waals surface area contributed by atoms with Crippen LogP contribution < -0.4 is 4.74 Å². The summed E-state index contributed by atoms with van der Waals surface area (Å²) < 4.78 is 63.6. The number of carbonyl (C=O) groups is 2. The molecule has 1 fully saturated rings. The Morgan fingerprint density at radius 1 is 1.04 bits per heavy atom. The van der Waals surface area contributed by atoms with Crippen molar-refractivity contribution in [2.45, 2.75) is 20.5 Å². The fourth-order valence-electron chi connectivity index (χ4n) is 2.73. The standard InChI is InChI=1S/C15H14F4O5/c1-15(2)6(13(20)21)7(15)14(22)24-4-5-8(16)10(18)12(23-3)11(19)9(5)17/h6-7H,4H2,1-3H3,(H,20,21). The molecular weight excluding hydrogens is 336 g/mol. The highest BCUT2D eigenvalue weighted by atomic mass is 19.2. The third-order valence-electron chi connectivity index (χ3n) is 4.22. The Bertz CT molecular complexity index is 687. The van der Waals surface area contributed by atoms with Crippen molar-refractivity contribution < 1.29 is 41.7 Å². The summed E-state index contributed by atoms with van der Waals surface area (Å²) in [6, 6.07) is 0. The number of carboxylic acid groups (broad SMARTS) is 1. The van der Waals surface area contributed by atoms with Gasteiger partial charge in [-0.1, -0.05) is 13.8 Å². The van der Waals surface area contributed by atoms with E-state index in [9.17, 15) is 27.2 Å². The van der Waals surface area contributed by atoms with Crippen LogP contribution in [-0.4, -0.2) is 24.2 Å². The maximum Gasteiger partial charge on any atom is 0.310 e. The Labute approximate surface area is 134 Å². The molecule has 0 aromatic heterocycles. The lowest BCUT2D eigenvalue weighted by molar-refractivity contribution is -0.150. The molecule has 0 spiro atoms. The highest BCUT2D eigenvalue weighted by Gasteiger charge is 2.66. The number of benzene rings is 1. The summed E-state index contributed by atoms with van der Waals surface area (Å²) in [6.07, 6.45) is 0. The zero-order valence-electron chi connectivity index (χ0n) is 13.0. The van der Waals surface area contributed by atoms with Crippen LogP contribution >= 0.6 is 0 Å². The maximum atomic E-state index is 13.8. The van der Waals surface area contributed by atoms with Gasteiger partial charge in [0.1, 0.15) is 6.61 Å². The summed E-state index contributed by atoms with van der Waals surface area (Å²) in [4.78, 5) is 22.9. The first-order chi connectivity index (χ1) is 11.1. The molecule has 1 aliphatic rings. The quantitative estimate of drug-likeness (QED) is 0.502. The Morgan fingerprint density at radius 3 is 1.92 bits per heavy atom. The van der Waals surface area contributed by atoms with Crippen LogP contribution in [0, 0.1) is 40.5 Å². The summed E-state index contributed by atoms with van der Waals surface area (Å²) in [5.41, 5.74) is -2.00. The van der Waals surface area contributed by atoms with Gasteiger partial charge in [0.05, 0.1) is 24.5 Å². The van der Waals surface area contributed by atoms with Gasteiger partial charge < -0.3 is 14.6 Å². The number of carboxylic acids is 1. The summed E-state index contributed by atoms with van der Waals surface area (Å²) in [5, 5.41) is 8.97. The second kappa shape index (κ2) is 5.95. The van der Waals surface area contributed by atoms with Gasteiger partial charge >= 0.3 is 11.9 Å². The molecule has 0 bridgehead atoms. The molecule has 132 valence electrons. The van der Waals surface area contributed by atoms with Crippen molar-refractivity contribution in [2.24, 2.45) is 17.3 Å². The molecule has 0 aliphatic heterocycles. The topological polar surface area (TPSA) is 72.8 Å². The van der Waals surface area contributed by atoms with E-state index in [2.05, 4.69) is 9.47 Å². The second-order valence-electron chi connectivity index (χ2n) is 5.99. The minimum atomic E-state index is -1.75. The minimum Gasteiger partial charge on any atom is -0.491 e. The molecule has 0 saturated heterocycles. The van der Waals surface area contributed by atoms with Crippen molar-refractivity contribution in [1.82, 2.24) is 0 Å². The van der Waals surface area contributed by atoms with Crippen LogP contribution in [0.4, 0.5) is 17.6 Å². The Hall–Kier alpha value is -2.32. The van der Waals surface area contributed by atoms with E-state index in [0.717, 1.165) is 7.11 Å². The van der Waals surface area contributed by atoms with E-state index in [0.29, 0.717) is 0 Å². The smallest absolute Gasteiger partial charge is 0.310 e. The fraction of sp³-hybridized carbons (Fsp3) is 0.467. The zero-order chi connectivity index (χ0) is 18.4. The van der Waals surface area contributed by atoms with Gasteiger partial charge in [0.25, 0.3) is 0 Å². The van der Waals surface area contributed by atoms with Crippen molar-refractivity contribution >= 4 is 11.9 Å². The zero-order valence-corrected chi connectivity index (χ0v) is 13.0. The maximum absolute atomic E-state index is 13.8. The highest BCUT2D eigenvalue weighted by Crippen LogP contribution is 2.58. The van der Waals surface area contributed by atoms with Crippen LogP contribution in [0.15, 0.2) is 0 Å². The van der Waals surface area contributed by atoms with E-state index >= 15 is 0 Å². The number of esters is 1. The van der Waals surface area contributed by atoms with Crippen molar-refractivity contribution in [3.63, 3.8) is 0 Å². The Morgan fingerprint density at radius 2 is 1.54 bits per heavy atom. The van der Waals surface area contributed by atoms with E-state index in [1.54, 1.807) is 0 Å². The number of carbonyl (C=O) groups excluding carboxylic acids is 1. The van der Waals surface area contributed by atoms with Gasteiger partial charge in [0.2, 0.25) is 11.6 Å². The predicted molar refractivity (Wildman–Crippen MR) is 71.0 cm³/mol. The first-order valence-corrected chi connectivity index (χ1v) is 6.83. The van der Waals surface area contributed by atoms with Crippen LogP contribution in [-0.2, 0) is 20.9 Å². The minimum absolute atomic E-state index is 0.835. The highest BCUT2D eigenvalue weighted by molar-refractivity contribution is 5.88. The molecule has 1 saturated carbocycles. The molecule has 2 unspecified atom stereocenters. The number of methoxy groups -OCH3 is 1. The normalized spacial score (nSPS) is 21.3. The number of aliphatic carboxylic acids is 1.